The van der Waals surface area contributed by atoms with Crippen molar-refractivity contribution in [2.45, 2.75) is 224 Å². The molecule has 16 rings (SSSR count). The molecule has 4 heterocycles. The van der Waals surface area contributed by atoms with E-state index in [1.807, 2.05) is 110 Å². The van der Waals surface area contributed by atoms with Crippen molar-refractivity contribution in [2.24, 2.45) is 0 Å². The van der Waals surface area contributed by atoms with Crippen molar-refractivity contribution in [3.63, 3.8) is 0 Å². The topological polar surface area (TPSA) is 60.8 Å². The first-order valence-corrected chi connectivity index (χ1v) is 46.2. The summed E-state index contributed by atoms with van der Waals surface area (Å²) in [5.41, 5.74) is 29.4. The summed E-state index contributed by atoms with van der Waals surface area (Å²) < 4.78 is 5.81. The first-order valence-electron chi connectivity index (χ1n) is 45.3. The molecule has 0 atom stereocenters. The van der Waals surface area contributed by atoms with Gasteiger partial charge in [-0.2, -0.15) is 0 Å². The van der Waals surface area contributed by atoms with E-state index in [4.69, 9.17) is 4.74 Å². The molecule has 16 aromatic rings. The minimum atomic E-state index is 0. The van der Waals surface area contributed by atoms with Crippen molar-refractivity contribution >= 4 is 11.3 Å². The van der Waals surface area contributed by atoms with Crippen LogP contribution in [0.15, 0.2) is 394 Å². The zero-order valence-corrected chi connectivity index (χ0v) is 82.4. The third-order valence-electron chi connectivity index (χ3n) is 21.9. The van der Waals surface area contributed by atoms with Crippen LogP contribution in [-0.4, -0.2) is 19.9 Å². The molecule has 6 heteroatoms. The highest BCUT2D eigenvalue weighted by atomic mass is 32.1. The van der Waals surface area contributed by atoms with Crippen LogP contribution in [0.25, 0.3) is 78.0 Å². The lowest BCUT2D eigenvalue weighted by atomic mass is 9.85. The van der Waals surface area contributed by atoms with Gasteiger partial charge in [0.25, 0.3) is 0 Å². The van der Waals surface area contributed by atoms with Gasteiger partial charge in [0.2, 0.25) is 0 Å². The van der Waals surface area contributed by atoms with Crippen LogP contribution >= 0.6 is 11.3 Å². The highest BCUT2D eigenvalue weighted by Crippen LogP contribution is 2.36. The van der Waals surface area contributed by atoms with Gasteiger partial charge in [0.15, 0.2) is 0 Å². The van der Waals surface area contributed by atoms with Crippen molar-refractivity contribution in [3.8, 4) is 89.5 Å². The number of rotatable bonds is 9. The fourth-order valence-corrected chi connectivity index (χ4v) is 14.5. The fourth-order valence-electron chi connectivity index (χ4n) is 13.6. The maximum absolute atomic E-state index is 5.81. The summed E-state index contributed by atoms with van der Waals surface area (Å²) in [7, 11) is 0. The van der Waals surface area contributed by atoms with Crippen LogP contribution in [0.5, 0.6) is 11.5 Å². The van der Waals surface area contributed by atoms with Crippen molar-refractivity contribution in [3.05, 3.63) is 444 Å². The fraction of sp³-hybridized carbons (Fsp3) is 0.274. The van der Waals surface area contributed by atoms with Crippen LogP contribution in [0.2, 0.25) is 0 Å². The van der Waals surface area contributed by atoms with E-state index < -0.39 is 0 Å². The molecule has 0 radical (unpaired) electrons. The van der Waals surface area contributed by atoms with E-state index in [9.17, 15) is 0 Å². The smallest absolute Gasteiger partial charge is 0.127 e. The van der Waals surface area contributed by atoms with E-state index in [2.05, 4.69) is 464 Å². The van der Waals surface area contributed by atoms with Crippen molar-refractivity contribution < 1.29 is 4.74 Å². The second-order valence-electron chi connectivity index (χ2n) is 41.1. The Kier molecular flexibility index (Phi) is 37.4. The number of hydrogen-bond acceptors (Lipinski definition) is 6. The average Bonchev–Trinajstić information content (AvgIpc) is 1.41. The number of nitrogens with zero attached hydrogens (tertiary/aromatic N) is 4. The van der Waals surface area contributed by atoms with E-state index in [1.54, 1.807) is 23.7 Å². The van der Waals surface area contributed by atoms with Crippen LogP contribution in [0, 0.1) is 6.92 Å². The molecular formula is C124H144N4OS. The van der Waals surface area contributed by atoms with Crippen LogP contribution in [-0.2, 0) is 43.3 Å². The Bertz CT molecular complexity index is 5640. The number of thiazole rings is 1. The Morgan fingerprint density at radius 2 is 0.477 bits per heavy atom. The van der Waals surface area contributed by atoms with E-state index in [0.29, 0.717) is 0 Å². The number of para-hydroxylation sites is 1. The Morgan fingerprint density at radius 1 is 0.215 bits per heavy atom. The Morgan fingerprint density at radius 3 is 0.777 bits per heavy atom. The van der Waals surface area contributed by atoms with E-state index in [-0.39, 0.29) is 50.7 Å². The van der Waals surface area contributed by atoms with Crippen molar-refractivity contribution in [1.82, 2.24) is 19.9 Å². The summed E-state index contributed by atoms with van der Waals surface area (Å²) in [5.74, 6) is 1.77. The lowest BCUT2D eigenvalue weighted by Crippen LogP contribution is -2.10. The van der Waals surface area contributed by atoms with Gasteiger partial charge in [-0.05, 0) is 187 Å². The molecule has 0 saturated carbocycles. The summed E-state index contributed by atoms with van der Waals surface area (Å²) >= 11 is 1.74. The lowest BCUT2D eigenvalue weighted by molar-refractivity contribution is 0.478. The summed E-state index contributed by atoms with van der Waals surface area (Å²) in [6, 6.07) is 125. The molecule has 130 heavy (non-hydrogen) atoms. The maximum Gasteiger partial charge on any atom is 0.127 e. The summed E-state index contributed by atoms with van der Waals surface area (Å²) in [6.07, 6.45) is 9.36. The highest BCUT2D eigenvalue weighted by molar-refractivity contribution is 7.10. The Labute approximate surface area is 787 Å². The zero-order chi connectivity index (χ0) is 93.6. The van der Waals surface area contributed by atoms with Gasteiger partial charge >= 0.3 is 0 Å². The number of benzene rings is 12. The second-order valence-corrected chi connectivity index (χ2v) is 42.0. The van der Waals surface area contributed by atoms with Crippen molar-refractivity contribution in [2.75, 3.05) is 0 Å². The van der Waals surface area contributed by atoms with Gasteiger partial charge in [-0.1, -0.05) is 489 Å². The molecular weight excluding hydrogens is 1590 g/mol. The highest BCUT2D eigenvalue weighted by Gasteiger charge is 2.22. The molecule has 5 nitrogen and oxygen atoms in total. The van der Waals surface area contributed by atoms with Crippen LogP contribution in [0.3, 0.4) is 0 Å². The van der Waals surface area contributed by atoms with Crippen molar-refractivity contribution in [1.29, 1.82) is 0 Å². The van der Waals surface area contributed by atoms with Gasteiger partial charge in [0.05, 0.1) is 10.7 Å². The summed E-state index contributed by atoms with van der Waals surface area (Å²) in [5, 5.41) is 3.33. The first kappa shape index (κ1) is 103. The minimum Gasteiger partial charge on any atom is -0.457 e. The van der Waals surface area contributed by atoms with Gasteiger partial charge < -0.3 is 4.74 Å². The molecule has 0 N–H and O–H groups in total. The molecule has 4 aromatic heterocycles. The molecule has 0 aliphatic carbocycles. The SMILES string of the molecule is C.CC(C)(C)c1ccc(-c2ccccc2)cc1.CC(C)(C)c1ccc(-c2ccccc2)cc1.CC(C)(C)c1cccc(-c2ccccc2)c1.CC(C)(C)c1cccc(-c2cccnc2)c1.CC(C)(C)c1cccc(-c2cccnc2)c1.CC(C)(C)c1cccc(Oc2ccccc2)c1.CC(C)(C)c1nc(-c2ccccc2)cs1.Cc1ccc(-c2cccc(C(C)(C)C)c2)cn1. The van der Waals surface area contributed by atoms with E-state index >= 15 is 0 Å². The third kappa shape index (κ3) is 33.5. The summed E-state index contributed by atoms with van der Waals surface area (Å²) in [4.78, 5) is 17.3. The molecule has 0 fully saturated rings. The largest absolute Gasteiger partial charge is 0.457 e. The van der Waals surface area contributed by atoms with E-state index in [0.717, 1.165) is 22.9 Å². The Balaban J connectivity index is 0.000000183. The molecule has 12 aromatic carbocycles. The Hall–Kier alpha value is -12.5. The van der Waals surface area contributed by atoms with Gasteiger partial charge in [-0.3, -0.25) is 15.0 Å². The molecule has 0 aliphatic heterocycles. The normalized spacial score (nSPS) is 11.4. The molecule has 0 spiro atoms. The lowest BCUT2D eigenvalue weighted by Gasteiger charge is -2.19. The molecule has 0 amide bonds. The molecule has 0 saturated heterocycles. The third-order valence-corrected chi connectivity index (χ3v) is 23.1. The minimum absolute atomic E-state index is 0. The molecule has 0 aliphatic rings. The predicted octanol–water partition coefficient (Wildman–Crippen LogP) is 35.9. The van der Waals surface area contributed by atoms with E-state index in [1.165, 1.54) is 116 Å². The second kappa shape index (κ2) is 47.2. The van der Waals surface area contributed by atoms with Crippen LogP contribution in [0.1, 0.15) is 223 Å². The number of ether oxygens (including phenoxy) is 1. The maximum atomic E-state index is 5.81. The van der Waals surface area contributed by atoms with Gasteiger partial charge in [0, 0.05) is 58.6 Å². The zero-order valence-electron chi connectivity index (χ0n) is 81.6. The summed E-state index contributed by atoms with van der Waals surface area (Å²) in [6.45, 7) is 55.5. The number of hydrogen-bond donors (Lipinski definition) is 0. The predicted molar refractivity (Wildman–Crippen MR) is 566 cm³/mol. The van der Waals surface area contributed by atoms with Gasteiger partial charge in [0.1, 0.15) is 11.5 Å². The molecule has 0 unspecified atom stereocenters. The quantitative estimate of drug-likeness (QED) is 0.144. The molecule has 0 bridgehead atoms. The van der Waals surface area contributed by atoms with Gasteiger partial charge in [-0.25, -0.2) is 4.98 Å². The number of aromatic nitrogens is 4. The average molecular weight is 1740 g/mol. The number of pyridine rings is 3. The monoisotopic (exact) mass is 1740 g/mol. The first-order chi connectivity index (χ1) is 60.9. The standard InChI is InChI=1S/C16H19N.C16H18O.3C16H18.2C15H17N.C13H15NS.CH4/c1-12-8-9-14(11-17-12)13-6-5-7-15(10-13)16(2,3)4;1-16(2,3)13-8-7-11-15(12-13)17-14-9-5-4-6-10-14;1-16(2,3)15-11-7-10-14(12-15)13-8-5-4-6-9-13;2*1-16(2,3)15-11-9-14(10-12-15)13-7-5-4-6-8-13;2*1-15(2,3)14-8-4-6-12(10-14)13-7-5-9-16-11-13;1-13(2,3)12-14-11(9-15-12)10-7-5-4-6-8-10;/h5-11H,1-4H3;4-12H,1-3H3;3*4-12H,1-3H3;2*4-11H,1-3H3;4-9H,1-3H3;1H4. The molecule has 672 valence electrons. The van der Waals surface area contributed by atoms with Gasteiger partial charge in [-0.15, -0.1) is 11.3 Å². The van der Waals surface area contributed by atoms with Crippen LogP contribution < -0.4 is 4.74 Å². The number of aryl methyl sites for hydroxylation is 1. The van der Waals surface area contributed by atoms with Crippen LogP contribution in [0.4, 0.5) is 0 Å².